The zero-order valence-corrected chi connectivity index (χ0v) is 8.53. The van der Waals surface area contributed by atoms with E-state index in [1.165, 1.54) is 0 Å². The normalized spacial score (nSPS) is 8.71. The number of aryl methyl sites for hydroxylation is 1. The van der Waals surface area contributed by atoms with Crippen LogP contribution in [0.3, 0.4) is 0 Å². The second-order valence-electron chi connectivity index (χ2n) is 2.98. The second kappa shape index (κ2) is 6.95. The number of hydrogen-bond acceptors (Lipinski definition) is 2. The van der Waals surface area contributed by atoms with Crippen LogP contribution in [0.2, 0.25) is 0 Å². The quantitative estimate of drug-likeness (QED) is 0.764. The van der Waals surface area contributed by atoms with Crippen molar-refractivity contribution < 1.29 is 15.0 Å². The maximum Gasteiger partial charge on any atom is 0.303 e. The molecule has 0 amide bonds. The SMILES string of the molecule is CCCC(=O)O.Cc1cccc(O)c1. The van der Waals surface area contributed by atoms with Gasteiger partial charge in [-0.1, -0.05) is 19.1 Å². The lowest BCUT2D eigenvalue weighted by molar-refractivity contribution is -0.137. The Hall–Kier alpha value is -1.51. The number of carbonyl (C=O) groups is 1. The van der Waals surface area contributed by atoms with Gasteiger partial charge in [-0.15, -0.1) is 0 Å². The van der Waals surface area contributed by atoms with E-state index in [9.17, 15) is 4.79 Å². The predicted molar refractivity (Wildman–Crippen MR) is 55.4 cm³/mol. The van der Waals surface area contributed by atoms with Gasteiger partial charge in [0, 0.05) is 6.42 Å². The Morgan fingerprint density at radius 3 is 2.29 bits per heavy atom. The molecular formula is C11H16O3. The zero-order valence-electron chi connectivity index (χ0n) is 8.53. The molecule has 2 N–H and O–H groups in total. The maximum atomic E-state index is 9.60. The Bertz CT molecular complexity index is 264. The first-order valence-electron chi connectivity index (χ1n) is 4.53. The van der Waals surface area contributed by atoms with Crippen molar-refractivity contribution >= 4 is 5.97 Å². The van der Waals surface area contributed by atoms with Crippen LogP contribution >= 0.6 is 0 Å². The van der Waals surface area contributed by atoms with Crippen molar-refractivity contribution in [1.82, 2.24) is 0 Å². The van der Waals surface area contributed by atoms with Crippen molar-refractivity contribution in [2.75, 3.05) is 0 Å². The smallest absolute Gasteiger partial charge is 0.303 e. The minimum Gasteiger partial charge on any atom is -0.508 e. The van der Waals surface area contributed by atoms with E-state index >= 15 is 0 Å². The molecule has 0 spiro atoms. The molecule has 0 bridgehead atoms. The first kappa shape index (κ1) is 12.5. The summed E-state index contributed by atoms with van der Waals surface area (Å²) in [4.78, 5) is 9.60. The van der Waals surface area contributed by atoms with Crippen LogP contribution in [0.4, 0.5) is 0 Å². The highest BCUT2D eigenvalue weighted by Gasteiger charge is 1.87. The van der Waals surface area contributed by atoms with Crippen LogP contribution < -0.4 is 0 Å². The van der Waals surface area contributed by atoms with Gasteiger partial charge in [-0.2, -0.15) is 0 Å². The molecule has 1 aromatic carbocycles. The van der Waals surface area contributed by atoms with Crippen LogP contribution in [0.25, 0.3) is 0 Å². The van der Waals surface area contributed by atoms with Crippen molar-refractivity contribution in [3.8, 4) is 5.75 Å². The van der Waals surface area contributed by atoms with Gasteiger partial charge in [-0.3, -0.25) is 4.79 Å². The van der Waals surface area contributed by atoms with Crippen molar-refractivity contribution in [2.45, 2.75) is 26.7 Å². The number of phenolic OH excluding ortho intramolecular Hbond substituents is 1. The molecule has 3 nitrogen and oxygen atoms in total. The summed E-state index contributed by atoms with van der Waals surface area (Å²) in [5.74, 6) is -0.373. The third kappa shape index (κ3) is 7.16. The van der Waals surface area contributed by atoms with Gasteiger partial charge in [0.2, 0.25) is 0 Å². The van der Waals surface area contributed by atoms with Crippen LogP contribution in [0.1, 0.15) is 25.3 Å². The molecule has 0 fully saturated rings. The van der Waals surface area contributed by atoms with Crippen LogP contribution in [0.15, 0.2) is 24.3 Å². The number of carboxylic acid groups (broad SMARTS) is 1. The summed E-state index contributed by atoms with van der Waals surface area (Å²) < 4.78 is 0. The largest absolute Gasteiger partial charge is 0.508 e. The fourth-order valence-corrected chi connectivity index (χ4v) is 0.842. The molecule has 0 saturated heterocycles. The first-order chi connectivity index (χ1) is 6.56. The Morgan fingerprint density at radius 1 is 1.43 bits per heavy atom. The van der Waals surface area contributed by atoms with Crippen molar-refractivity contribution in [3.63, 3.8) is 0 Å². The highest BCUT2D eigenvalue weighted by Crippen LogP contribution is 2.08. The standard InChI is InChI=1S/C7H8O.C4H8O2/c1-6-3-2-4-7(8)5-6;1-2-3-4(5)6/h2-5,8H,1H3;2-3H2,1H3,(H,5,6). The van der Waals surface area contributed by atoms with E-state index in [0.717, 1.165) is 12.0 Å². The second-order valence-corrected chi connectivity index (χ2v) is 2.98. The van der Waals surface area contributed by atoms with E-state index in [-0.39, 0.29) is 0 Å². The molecule has 14 heavy (non-hydrogen) atoms. The first-order valence-corrected chi connectivity index (χ1v) is 4.53. The lowest BCUT2D eigenvalue weighted by Gasteiger charge is -1.89. The van der Waals surface area contributed by atoms with Crippen LogP contribution in [-0.2, 0) is 4.79 Å². The summed E-state index contributed by atoms with van der Waals surface area (Å²) in [7, 11) is 0. The Morgan fingerprint density at radius 2 is 2.07 bits per heavy atom. The highest BCUT2D eigenvalue weighted by atomic mass is 16.4. The molecule has 0 saturated carbocycles. The van der Waals surface area contributed by atoms with Crippen LogP contribution in [0.5, 0.6) is 5.75 Å². The third-order valence-electron chi connectivity index (χ3n) is 1.47. The molecule has 0 heterocycles. The molecule has 1 aromatic rings. The average molecular weight is 196 g/mol. The summed E-state index contributed by atoms with van der Waals surface area (Å²) >= 11 is 0. The third-order valence-corrected chi connectivity index (χ3v) is 1.47. The molecule has 0 unspecified atom stereocenters. The molecule has 0 aliphatic carbocycles. The van der Waals surface area contributed by atoms with Gasteiger partial charge in [0.05, 0.1) is 0 Å². The van der Waals surface area contributed by atoms with Gasteiger partial charge < -0.3 is 10.2 Å². The number of aromatic hydroxyl groups is 1. The fraction of sp³-hybridized carbons (Fsp3) is 0.364. The van der Waals surface area contributed by atoms with Gasteiger partial charge in [0.1, 0.15) is 5.75 Å². The summed E-state index contributed by atoms with van der Waals surface area (Å²) in [6.07, 6.45) is 1.02. The van der Waals surface area contributed by atoms with E-state index in [1.54, 1.807) is 12.1 Å². The van der Waals surface area contributed by atoms with E-state index in [0.29, 0.717) is 12.2 Å². The molecule has 78 valence electrons. The summed E-state index contributed by atoms with van der Waals surface area (Å²) in [6.45, 7) is 3.79. The summed E-state index contributed by atoms with van der Waals surface area (Å²) in [6, 6.07) is 7.15. The minimum atomic E-state index is -0.711. The van der Waals surface area contributed by atoms with Crippen LogP contribution in [-0.4, -0.2) is 16.2 Å². The van der Waals surface area contributed by atoms with Gasteiger partial charge in [-0.05, 0) is 31.0 Å². The fourth-order valence-electron chi connectivity index (χ4n) is 0.842. The Balaban J connectivity index is 0.000000255. The molecule has 0 atom stereocenters. The number of hydrogen-bond donors (Lipinski definition) is 2. The van der Waals surface area contributed by atoms with Gasteiger partial charge in [0.25, 0.3) is 0 Å². The van der Waals surface area contributed by atoms with Crippen LogP contribution in [0, 0.1) is 6.92 Å². The zero-order chi connectivity index (χ0) is 11.0. The van der Waals surface area contributed by atoms with E-state index in [1.807, 2.05) is 26.0 Å². The monoisotopic (exact) mass is 196 g/mol. The lowest BCUT2D eigenvalue weighted by atomic mass is 10.2. The Labute approximate surface area is 84.0 Å². The highest BCUT2D eigenvalue weighted by molar-refractivity contribution is 5.66. The Kier molecular flexibility index (Phi) is 6.20. The lowest BCUT2D eigenvalue weighted by Crippen LogP contribution is -1.90. The van der Waals surface area contributed by atoms with Gasteiger partial charge >= 0.3 is 5.97 Å². The van der Waals surface area contributed by atoms with Gasteiger partial charge in [-0.25, -0.2) is 0 Å². The number of phenols is 1. The number of benzene rings is 1. The average Bonchev–Trinajstić information content (AvgIpc) is 2.03. The van der Waals surface area contributed by atoms with E-state index in [4.69, 9.17) is 10.2 Å². The molecule has 0 aliphatic rings. The molecule has 0 radical (unpaired) electrons. The number of rotatable bonds is 2. The minimum absolute atomic E-state index is 0.292. The van der Waals surface area contributed by atoms with Crippen molar-refractivity contribution in [3.05, 3.63) is 29.8 Å². The molecular weight excluding hydrogens is 180 g/mol. The van der Waals surface area contributed by atoms with E-state index in [2.05, 4.69) is 0 Å². The predicted octanol–water partition coefficient (Wildman–Crippen LogP) is 2.57. The maximum absolute atomic E-state index is 9.60. The number of aliphatic carboxylic acids is 1. The topological polar surface area (TPSA) is 57.5 Å². The molecule has 0 aliphatic heterocycles. The summed E-state index contributed by atoms with van der Waals surface area (Å²) in [5, 5.41) is 16.7. The molecule has 0 aromatic heterocycles. The van der Waals surface area contributed by atoms with E-state index < -0.39 is 5.97 Å². The van der Waals surface area contributed by atoms with Gasteiger partial charge in [0.15, 0.2) is 0 Å². The number of carboxylic acids is 1. The summed E-state index contributed by atoms with van der Waals surface area (Å²) in [5.41, 5.74) is 1.09. The van der Waals surface area contributed by atoms with Crippen molar-refractivity contribution in [1.29, 1.82) is 0 Å². The van der Waals surface area contributed by atoms with Crippen molar-refractivity contribution in [2.24, 2.45) is 0 Å². The molecule has 1 rings (SSSR count). The molecule has 3 heteroatoms.